The van der Waals surface area contributed by atoms with Crippen molar-refractivity contribution < 1.29 is 23.1 Å². The molecule has 2 amide bonds. The van der Waals surface area contributed by atoms with Crippen molar-refractivity contribution in [1.29, 1.82) is 0 Å². The van der Waals surface area contributed by atoms with Crippen LogP contribution in [0.4, 0.5) is 19.3 Å². The maximum Gasteiger partial charge on any atom is 0.405 e. The molecule has 3 N–H and O–H groups in total. The number of hydrogen-bond donors (Lipinski definition) is 2. The molecular weight excluding hydrogens is 384 g/mol. The van der Waals surface area contributed by atoms with Crippen LogP contribution in [0.15, 0.2) is 50.0 Å². The fourth-order valence-electron chi connectivity index (χ4n) is 2.55. The summed E-state index contributed by atoms with van der Waals surface area (Å²) in [7, 11) is 0. The minimum absolute atomic E-state index is 0.0459. The molecule has 0 spiro atoms. The Morgan fingerprint density at radius 2 is 2.07 bits per heavy atom. The van der Waals surface area contributed by atoms with Crippen LogP contribution >= 0.6 is 0 Å². The van der Waals surface area contributed by atoms with E-state index in [-0.39, 0.29) is 23.4 Å². The van der Waals surface area contributed by atoms with E-state index >= 15 is 0 Å². The Bertz CT molecular complexity index is 913. The first-order valence-electron chi connectivity index (χ1n) is 8.59. The zero-order chi connectivity index (χ0) is 21.6. The first kappa shape index (κ1) is 21.7. The zero-order valence-electron chi connectivity index (χ0n) is 15.7. The SMILES string of the molecule is C=CC[C@H](OC(N)=O)c1cncc(-c2c(NC(=O)[C@H](C)C=C)cnn2C(F)F)c1. The van der Waals surface area contributed by atoms with Crippen molar-refractivity contribution in [2.24, 2.45) is 11.7 Å². The summed E-state index contributed by atoms with van der Waals surface area (Å²) in [6.07, 6.45) is 5.28. The Morgan fingerprint density at radius 1 is 1.34 bits per heavy atom. The molecule has 8 nitrogen and oxygen atoms in total. The highest BCUT2D eigenvalue weighted by Crippen LogP contribution is 2.33. The zero-order valence-corrected chi connectivity index (χ0v) is 15.7. The van der Waals surface area contributed by atoms with Gasteiger partial charge in [-0.3, -0.25) is 9.78 Å². The van der Waals surface area contributed by atoms with Crippen molar-refractivity contribution in [3.8, 4) is 11.3 Å². The van der Waals surface area contributed by atoms with E-state index < -0.39 is 30.6 Å². The van der Waals surface area contributed by atoms with Crippen LogP contribution in [0.25, 0.3) is 11.3 Å². The molecule has 0 unspecified atom stereocenters. The molecule has 0 fully saturated rings. The van der Waals surface area contributed by atoms with Gasteiger partial charge in [-0.15, -0.1) is 13.2 Å². The number of carbonyl (C=O) groups excluding carboxylic acids is 2. The van der Waals surface area contributed by atoms with Gasteiger partial charge < -0.3 is 15.8 Å². The summed E-state index contributed by atoms with van der Waals surface area (Å²) in [5.74, 6) is -0.969. The van der Waals surface area contributed by atoms with Gasteiger partial charge in [0.25, 0.3) is 0 Å². The van der Waals surface area contributed by atoms with Crippen LogP contribution in [0.2, 0.25) is 0 Å². The molecule has 0 saturated heterocycles. The number of primary amides is 1. The van der Waals surface area contributed by atoms with Crippen LogP contribution in [0, 0.1) is 5.92 Å². The van der Waals surface area contributed by atoms with Gasteiger partial charge >= 0.3 is 12.6 Å². The average Bonchev–Trinajstić information content (AvgIpc) is 3.10. The molecule has 10 heteroatoms. The molecule has 29 heavy (non-hydrogen) atoms. The standard InChI is InChI=1S/C19H21F2N5O3/c1-4-6-15(29-19(22)28)12-7-13(9-23-8-12)16-14(10-24-26(16)18(20)21)25-17(27)11(3)5-2/h4-5,7-11,15,18H,1-2,6H2,3H3,(H2,22,28)(H,25,27)/t11-,15+/m1/s1. The molecule has 0 aromatic carbocycles. The Hall–Kier alpha value is -3.56. The lowest BCUT2D eigenvalue weighted by atomic mass is 10.0. The highest BCUT2D eigenvalue weighted by atomic mass is 19.3. The maximum atomic E-state index is 13.5. The molecule has 0 saturated carbocycles. The molecule has 2 aromatic heterocycles. The average molecular weight is 405 g/mol. The lowest BCUT2D eigenvalue weighted by Gasteiger charge is -2.17. The third-order valence-corrected chi connectivity index (χ3v) is 4.05. The topological polar surface area (TPSA) is 112 Å². The van der Waals surface area contributed by atoms with Gasteiger partial charge in [0.05, 0.1) is 23.5 Å². The predicted molar refractivity (Wildman–Crippen MR) is 103 cm³/mol. The van der Waals surface area contributed by atoms with Gasteiger partial charge in [0.1, 0.15) is 6.10 Å². The fraction of sp³-hybridized carbons (Fsp3) is 0.263. The Morgan fingerprint density at radius 3 is 2.66 bits per heavy atom. The van der Waals surface area contributed by atoms with Crippen molar-refractivity contribution >= 4 is 17.7 Å². The molecule has 0 aliphatic carbocycles. The van der Waals surface area contributed by atoms with Crippen molar-refractivity contribution in [2.45, 2.75) is 26.0 Å². The summed E-state index contributed by atoms with van der Waals surface area (Å²) < 4.78 is 32.5. The van der Waals surface area contributed by atoms with Crippen LogP contribution in [-0.2, 0) is 9.53 Å². The number of aromatic nitrogens is 3. The molecule has 0 aliphatic heterocycles. The second-order valence-electron chi connectivity index (χ2n) is 6.10. The maximum absolute atomic E-state index is 13.5. The summed E-state index contributed by atoms with van der Waals surface area (Å²) in [6, 6.07) is 1.51. The van der Waals surface area contributed by atoms with E-state index in [1.807, 2.05) is 0 Å². The summed E-state index contributed by atoms with van der Waals surface area (Å²) in [6.45, 7) is 5.79. The molecular formula is C19H21F2N5O3. The molecule has 2 aromatic rings. The van der Waals surface area contributed by atoms with E-state index in [4.69, 9.17) is 10.5 Å². The second-order valence-corrected chi connectivity index (χ2v) is 6.10. The van der Waals surface area contributed by atoms with Gasteiger partial charge in [0.15, 0.2) is 0 Å². The highest BCUT2D eigenvalue weighted by Gasteiger charge is 2.23. The van der Waals surface area contributed by atoms with Crippen molar-refractivity contribution in [1.82, 2.24) is 14.8 Å². The number of hydrogen-bond acceptors (Lipinski definition) is 5. The first-order valence-corrected chi connectivity index (χ1v) is 8.59. The number of rotatable bonds is 9. The number of amides is 2. The van der Waals surface area contributed by atoms with Crippen molar-refractivity contribution in [3.05, 3.63) is 55.5 Å². The largest absolute Gasteiger partial charge is 0.441 e. The number of halogens is 2. The molecule has 0 bridgehead atoms. The van der Waals surface area contributed by atoms with E-state index in [1.165, 1.54) is 30.6 Å². The van der Waals surface area contributed by atoms with E-state index in [9.17, 15) is 18.4 Å². The van der Waals surface area contributed by atoms with Gasteiger partial charge in [-0.25, -0.2) is 9.48 Å². The van der Waals surface area contributed by atoms with Gasteiger partial charge in [0, 0.05) is 29.9 Å². The van der Waals surface area contributed by atoms with Gasteiger partial charge in [-0.1, -0.05) is 19.1 Å². The predicted octanol–water partition coefficient (Wildman–Crippen LogP) is 3.81. The minimum atomic E-state index is -2.96. The number of nitrogens with zero attached hydrogens (tertiary/aromatic N) is 3. The third kappa shape index (κ3) is 5.24. The lowest BCUT2D eigenvalue weighted by molar-refractivity contribution is -0.118. The van der Waals surface area contributed by atoms with Crippen LogP contribution in [0.5, 0.6) is 0 Å². The van der Waals surface area contributed by atoms with Crippen molar-refractivity contribution in [2.75, 3.05) is 5.32 Å². The van der Waals surface area contributed by atoms with E-state index in [1.54, 1.807) is 6.92 Å². The van der Waals surface area contributed by atoms with Gasteiger partial charge in [-0.2, -0.15) is 13.9 Å². The smallest absolute Gasteiger partial charge is 0.405 e. The summed E-state index contributed by atoms with van der Waals surface area (Å²) in [5.41, 5.74) is 5.79. The highest BCUT2D eigenvalue weighted by molar-refractivity contribution is 5.96. The number of anilines is 1. The number of ether oxygens (including phenoxy) is 1. The van der Waals surface area contributed by atoms with E-state index in [0.29, 0.717) is 10.2 Å². The molecule has 2 heterocycles. The quantitative estimate of drug-likeness (QED) is 0.616. The Kier molecular flexibility index (Phi) is 7.18. The molecule has 0 aliphatic rings. The second kappa shape index (κ2) is 9.58. The van der Waals surface area contributed by atoms with Crippen LogP contribution in [0.3, 0.4) is 0 Å². The minimum Gasteiger partial charge on any atom is -0.441 e. The third-order valence-electron chi connectivity index (χ3n) is 4.05. The summed E-state index contributed by atoms with van der Waals surface area (Å²) >= 11 is 0. The summed E-state index contributed by atoms with van der Waals surface area (Å²) in [5, 5.41) is 6.23. The Labute approximate surface area is 166 Å². The number of pyridine rings is 1. The molecule has 2 rings (SSSR count). The normalized spacial score (nSPS) is 12.8. The van der Waals surface area contributed by atoms with Crippen LogP contribution < -0.4 is 11.1 Å². The first-order chi connectivity index (χ1) is 13.8. The number of nitrogens with two attached hydrogens (primary N) is 1. The Balaban J connectivity index is 2.51. The number of nitrogens with one attached hydrogen (secondary N) is 1. The van der Waals surface area contributed by atoms with Crippen molar-refractivity contribution in [3.63, 3.8) is 0 Å². The fourth-order valence-corrected chi connectivity index (χ4v) is 2.55. The van der Waals surface area contributed by atoms with E-state index in [0.717, 1.165) is 6.20 Å². The van der Waals surface area contributed by atoms with E-state index in [2.05, 4.69) is 28.6 Å². The van der Waals surface area contributed by atoms with Gasteiger partial charge in [-0.05, 0) is 6.07 Å². The number of alkyl halides is 2. The molecule has 2 atom stereocenters. The lowest BCUT2D eigenvalue weighted by Crippen LogP contribution is -2.19. The van der Waals surface area contributed by atoms with Crippen LogP contribution in [-0.4, -0.2) is 26.8 Å². The van der Waals surface area contributed by atoms with Gasteiger partial charge in [0.2, 0.25) is 5.91 Å². The number of carbonyl (C=O) groups is 2. The molecule has 154 valence electrons. The monoisotopic (exact) mass is 405 g/mol. The molecule has 0 radical (unpaired) electrons. The van der Waals surface area contributed by atoms with Crippen LogP contribution in [0.1, 0.15) is 31.6 Å². The summed E-state index contributed by atoms with van der Waals surface area (Å²) in [4.78, 5) is 27.4.